The van der Waals surface area contributed by atoms with E-state index in [1.165, 1.54) is 0 Å². The monoisotopic (exact) mass is 156 g/mol. The van der Waals surface area contributed by atoms with E-state index in [1.807, 2.05) is 6.08 Å². The molecule has 0 aliphatic rings. The molecule has 2 heteroatoms. The Morgan fingerprint density at radius 1 is 1.36 bits per heavy atom. The maximum atomic E-state index is 10.6. The molecule has 0 rings (SSSR count). The average Bonchev–Trinajstić information content (AvgIpc) is 2.04. The minimum atomic E-state index is -0.116. The molecule has 0 aromatic rings. The predicted molar refractivity (Wildman–Crippen MR) is 45.3 cm³/mol. The number of rotatable bonds is 5. The lowest BCUT2D eigenvalue weighted by Crippen LogP contribution is -2.02. The fourth-order valence-electron chi connectivity index (χ4n) is 0.627. The van der Waals surface area contributed by atoms with E-state index in [1.54, 1.807) is 6.92 Å². The summed E-state index contributed by atoms with van der Waals surface area (Å²) in [5, 5.41) is 0. The second-order valence-electron chi connectivity index (χ2n) is 2.24. The van der Waals surface area contributed by atoms with Gasteiger partial charge in [-0.3, -0.25) is 4.79 Å². The molecule has 0 radical (unpaired) electrons. The maximum absolute atomic E-state index is 10.6. The van der Waals surface area contributed by atoms with Crippen molar-refractivity contribution in [1.29, 1.82) is 0 Å². The normalized spacial score (nSPS) is 10.4. The standard InChI is InChI=1S/C9H16O2/c1-3-5-6-7-8-11-9(10)4-2/h5-6H,3-4,7-8H2,1-2H3/b6-5-. The highest BCUT2D eigenvalue weighted by molar-refractivity contribution is 5.68. The van der Waals surface area contributed by atoms with Gasteiger partial charge in [0, 0.05) is 6.42 Å². The molecule has 0 N–H and O–H groups in total. The van der Waals surface area contributed by atoms with Crippen molar-refractivity contribution in [2.75, 3.05) is 6.61 Å². The molecule has 64 valence electrons. The van der Waals surface area contributed by atoms with Gasteiger partial charge >= 0.3 is 5.97 Å². The highest BCUT2D eigenvalue weighted by atomic mass is 16.5. The third-order valence-corrected chi connectivity index (χ3v) is 1.24. The highest BCUT2D eigenvalue weighted by Gasteiger charge is 1.94. The molecule has 0 atom stereocenters. The molecule has 0 unspecified atom stereocenters. The molecular formula is C9H16O2. The van der Waals surface area contributed by atoms with Gasteiger partial charge in [0.15, 0.2) is 0 Å². The van der Waals surface area contributed by atoms with E-state index < -0.39 is 0 Å². The Bertz CT molecular complexity index is 128. The largest absolute Gasteiger partial charge is 0.465 e. The van der Waals surface area contributed by atoms with Gasteiger partial charge in [0.25, 0.3) is 0 Å². The molecule has 0 aliphatic carbocycles. The molecule has 0 bridgehead atoms. The lowest BCUT2D eigenvalue weighted by Gasteiger charge is -1.98. The molecule has 0 aromatic heterocycles. The average molecular weight is 156 g/mol. The minimum absolute atomic E-state index is 0.116. The molecule has 0 spiro atoms. The summed E-state index contributed by atoms with van der Waals surface area (Å²) in [4.78, 5) is 10.6. The topological polar surface area (TPSA) is 26.3 Å². The molecule has 0 saturated heterocycles. The number of esters is 1. The molecule has 0 amide bonds. The van der Waals surface area contributed by atoms with Crippen LogP contribution in [0.5, 0.6) is 0 Å². The third-order valence-electron chi connectivity index (χ3n) is 1.24. The number of carbonyl (C=O) groups excluding carboxylic acids is 1. The first-order valence-electron chi connectivity index (χ1n) is 4.11. The second-order valence-corrected chi connectivity index (χ2v) is 2.24. The summed E-state index contributed by atoms with van der Waals surface area (Å²) in [6.45, 7) is 4.39. The van der Waals surface area contributed by atoms with Crippen molar-refractivity contribution in [3.8, 4) is 0 Å². The van der Waals surface area contributed by atoms with Crippen LogP contribution in [-0.4, -0.2) is 12.6 Å². The van der Waals surface area contributed by atoms with Crippen molar-refractivity contribution in [2.45, 2.75) is 33.1 Å². The van der Waals surface area contributed by atoms with Gasteiger partial charge in [-0.05, 0) is 12.8 Å². The number of ether oxygens (including phenoxy) is 1. The molecular weight excluding hydrogens is 140 g/mol. The summed E-state index contributed by atoms with van der Waals surface area (Å²) >= 11 is 0. The van der Waals surface area contributed by atoms with Gasteiger partial charge in [0.05, 0.1) is 6.61 Å². The summed E-state index contributed by atoms with van der Waals surface area (Å²) in [5.74, 6) is -0.116. The van der Waals surface area contributed by atoms with Crippen LogP contribution in [0.1, 0.15) is 33.1 Å². The summed E-state index contributed by atoms with van der Waals surface area (Å²) in [6, 6.07) is 0. The van der Waals surface area contributed by atoms with Crippen LogP contribution >= 0.6 is 0 Å². The number of hydrogen-bond donors (Lipinski definition) is 0. The van der Waals surface area contributed by atoms with Crippen LogP contribution in [0.2, 0.25) is 0 Å². The lowest BCUT2D eigenvalue weighted by molar-refractivity contribution is -0.143. The van der Waals surface area contributed by atoms with Crippen molar-refractivity contribution in [3.05, 3.63) is 12.2 Å². The number of carbonyl (C=O) groups is 1. The fourth-order valence-corrected chi connectivity index (χ4v) is 0.627. The van der Waals surface area contributed by atoms with Crippen LogP contribution in [0.15, 0.2) is 12.2 Å². The second kappa shape index (κ2) is 7.32. The van der Waals surface area contributed by atoms with Crippen LogP contribution in [0, 0.1) is 0 Å². The van der Waals surface area contributed by atoms with Crippen molar-refractivity contribution in [2.24, 2.45) is 0 Å². The van der Waals surface area contributed by atoms with E-state index in [0.717, 1.165) is 12.8 Å². The zero-order valence-electron chi connectivity index (χ0n) is 7.30. The maximum Gasteiger partial charge on any atom is 0.305 e. The van der Waals surface area contributed by atoms with E-state index in [0.29, 0.717) is 13.0 Å². The SMILES string of the molecule is CC/C=C\CCOC(=O)CC. The first-order valence-corrected chi connectivity index (χ1v) is 4.11. The minimum Gasteiger partial charge on any atom is -0.465 e. The van der Waals surface area contributed by atoms with Crippen molar-refractivity contribution in [3.63, 3.8) is 0 Å². The summed E-state index contributed by atoms with van der Waals surface area (Å²) < 4.78 is 4.85. The Hall–Kier alpha value is -0.790. The van der Waals surface area contributed by atoms with Crippen molar-refractivity contribution >= 4 is 5.97 Å². The van der Waals surface area contributed by atoms with Crippen LogP contribution in [0.4, 0.5) is 0 Å². The lowest BCUT2D eigenvalue weighted by atomic mass is 10.3. The quantitative estimate of drug-likeness (QED) is 0.347. The Labute approximate surface area is 68.2 Å². The van der Waals surface area contributed by atoms with Crippen LogP contribution in [0.3, 0.4) is 0 Å². The van der Waals surface area contributed by atoms with Crippen LogP contribution in [-0.2, 0) is 9.53 Å². The Balaban J connectivity index is 3.14. The van der Waals surface area contributed by atoms with Gasteiger partial charge in [-0.1, -0.05) is 26.0 Å². The third kappa shape index (κ3) is 7.10. The van der Waals surface area contributed by atoms with E-state index >= 15 is 0 Å². The van der Waals surface area contributed by atoms with Gasteiger partial charge in [-0.2, -0.15) is 0 Å². The summed E-state index contributed by atoms with van der Waals surface area (Å²) in [5.41, 5.74) is 0. The zero-order valence-corrected chi connectivity index (χ0v) is 7.30. The molecule has 0 heterocycles. The molecule has 0 saturated carbocycles. The molecule has 0 fully saturated rings. The zero-order chi connectivity index (χ0) is 8.53. The smallest absolute Gasteiger partial charge is 0.305 e. The Morgan fingerprint density at radius 2 is 2.09 bits per heavy atom. The first kappa shape index (κ1) is 10.2. The number of hydrogen-bond acceptors (Lipinski definition) is 2. The van der Waals surface area contributed by atoms with E-state index in [9.17, 15) is 4.79 Å². The summed E-state index contributed by atoms with van der Waals surface area (Å²) in [6.07, 6.45) is 6.45. The van der Waals surface area contributed by atoms with E-state index in [2.05, 4.69) is 13.0 Å². The van der Waals surface area contributed by atoms with Crippen LogP contribution < -0.4 is 0 Å². The molecule has 0 aliphatic heterocycles. The summed E-state index contributed by atoms with van der Waals surface area (Å²) in [7, 11) is 0. The van der Waals surface area contributed by atoms with Gasteiger partial charge < -0.3 is 4.74 Å². The molecule has 0 aromatic carbocycles. The van der Waals surface area contributed by atoms with Gasteiger partial charge in [-0.25, -0.2) is 0 Å². The van der Waals surface area contributed by atoms with Gasteiger partial charge in [0.2, 0.25) is 0 Å². The Kier molecular flexibility index (Phi) is 6.79. The predicted octanol–water partition coefficient (Wildman–Crippen LogP) is 2.30. The van der Waals surface area contributed by atoms with Gasteiger partial charge in [0.1, 0.15) is 0 Å². The van der Waals surface area contributed by atoms with E-state index in [-0.39, 0.29) is 5.97 Å². The molecule has 11 heavy (non-hydrogen) atoms. The first-order chi connectivity index (χ1) is 5.31. The van der Waals surface area contributed by atoms with E-state index in [4.69, 9.17) is 4.74 Å². The Morgan fingerprint density at radius 3 is 2.64 bits per heavy atom. The highest BCUT2D eigenvalue weighted by Crippen LogP contribution is 1.90. The van der Waals surface area contributed by atoms with Gasteiger partial charge in [-0.15, -0.1) is 0 Å². The van der Waals surface area contributed by atoms with Crippen molar-refractivity contribution in [1.82, 2.24) is 0 Å². The molecule has 2 nitrogen and oxygen atoms in total. The fraction of sp³-hybridized carbons (Fsp3) is 0.667. The van der Waals surface area contributed by atoms with Crippen molar-refractivity contribution < 1.29 is 9.53 Å². The van der Waals surface area contributed by atoms with Crippen LogP contribution in [0.25, 0.3) is 0 Å². The number of allylic oxidation sites excluding steroid dienone is 1.